The third-order valence-corrected chi connectivity index (χ3v) is 5.66. The van der Waals surface area contributed by atoms with Crippen LogP contribution in [0.2, 0.25) is 5.28 Å². The lowest BCUT2D eigenvalue weighted by Gasteiger charge is -2.19. The summed E-state index contributed by atoms with van der Waals surface area (Å²) in [7, 11) is 1.97. The van der Waals surface area contributed by atoms with Crippen LogP contribution in [0.3, 0.4) is 0 Å². The minimum Gasteiger partial charge on any atom is -0.461 e. The summed E-state index contributed by atoms with van der Waals surface area (Å²) in [6.07, 6.45) is 4.41. The summed E-state index contributed by atoms with van der Waals surface area (Å²) in [6, 6.07) is 3.99. The largest absolute Gasteiger partial charge is 0.461 e. The van der Waals surface area contributed by atoms with Crippen molar-refractivity contribution in [1.29, 1.82) is 0 Å². The van der Waals surface area contributed by atoms with Crippen LogP contribution in [0.15, 0.2) is 24.5 Å². The predicted molar refractivity (Wildman–Crippen MR) is 113 cm³/mol. The van der Waals surface area contributed by atoms with Gasteiger partial charge in [-0.15, -0.1) is 11.3 Å². The fourth-order valence-electron chi connectivity index (χ4n) is 2.82. The van der Waals surface area contributed by atoms with Gasteiger partial charge in [0.25, 0.3) is 0 Å². The number of pyridine rings is 1. The van der Waals surface area contributed by atoms with Crippen molar-refractivity contribution in [3.05, 3.63) is 45.8 Å². The number of carbonyl (C=O) groups is 1. The Labute approximate surface area is 173 Å². The van der Waals surface area contributed by atoms with Crippen molar-refractivity contribution in [2.24, 2.45) is 5.92 Å². The molecule has 0 aliphatic rings. The number of hydrogen-bond donors (Lipinski definition) is 0. The Balaban J connectivity index is 1.90. The Hall–Kier alpha value is -2.25. The van der Waals surface area contributed by atoms with Crippen LogP contribution in [0, 0.1) is 12.8 Å². The van der Waals surface area contributed by atoms with Gasteiger partial charge in [0, 0.05) is 26.0 Å². The molecular weight excluding hydrogens is 396 g/mol. The summed E-state index contributed by atoms with van der Waals surface area (Å²) in [5.41, 5.74) is 2.02. The Kier molecular flexibility index (Phi) is 6.46. The van der Waals surface area contributed by atoms with Crippen LogP contribution in [0.1, 0.15) is 34.6 Å². The average Bonchev–Trinajstić information content (AvgIpc) is 3.00. The fourth-order valence-corrected chi connectivity index (χ4v) is 4.11. The standard InChI is InChI=1S/C20H23ClN4O2S/c1-12(2)11-27-19(26)16-13(3)15-17(23-20(21)24-18(15)28-16)25(4)10-7-14-5-8-22-9-6-14/h5-6,8-9,12H,7,10-11H2,1-4H3. The number of aryl methyl sites for hydroxylation is 1. The van der Waals surface area contributed by atoms with E-state index in [0.29, 0.717) is 16.3 Å². The van der Waals surface area contributed by atoms with E-state index in [1.165, 1.54) is 16.9 Å². The number of carbonyl (C=O) groups excluding carboxylic acids is 1. The van der Waals surface area contributed by atoms with Gasteiger partial charge in [-0.1, -0.05) is 13.8 Å². The molecule has 6 nitrogen and oxygen atoms in total. The molecule has 28 heavy (non-hydrogen) atoms. The zero-order valence-electron chi connectivity index (χ0n) is 16.4. The second kappa shape index (κ2) is 8.84. The third-order valence-electron chi connectivity index (χ3n) is 4.32. The van der Waals surface area contributed by atoms with E-state index >= 15 is 0 Å². The summed E-state index contributed by atoms with van der Waals surface area (Å²) in [4.78, 5) is 28.6. The Morgan fingerprint density at radius 3 is 2.68 bits per heavy atom. The number of nitrogens with zero attached hydrogens (tertiary/aromatic N) is 4. The predicted octanol–water partition coefficient (Wildman–Crippen LogP) is 4.54. The molecule has 3 heterocycles. The van der Waals surface area contributed by atoms with Crippen molar-refractivity contribution in [3.8, 4) is 0 Å². The molecule has 0 fully saturated rings. The molecule has 0 saturated carbocycles. The molecule has 0 radical (unpaired) electrons. The van der Waals surface area contributed by atoms with Gasteiger partial charge in [-0.3, -0.25) is 4.98 Å². The summed E-state index contributed by atoms with van der Waals surface area (Å²) in [5, 5.41) is 1.02. The van der Waals surface area contributed by atoms with Crippen molar-refractivity contribution in [2.75, 3.05) is 25.1 Å². The average molecular weight is 419 g/mol. The van der Waals surface area contributed by atoms with Crippen LogP contribution in [0.25, 0.3) is 10.2 Å². The van der Waals surface area contributed by atoms with E-state index < -0.39 is 0 Å². The summed E-state index contributed by atoms with van der Waals surface area (Å²) in [6.45, 7) is 7.05. The number of fused-ring (bicyclic) bond motifs is 1. The van der Waals surface area contributed by atoms with Gasteiger partial charge in [0.1, 0.15) is 15.5 Å². The Morgan fingerprint density at radius 2 is 2.00 bits per heavy atom. The summed E-state index contributed by atoms with van der Waals surface area (Å²) < 4.78 is 5.41. The van der Waals surface area contributed by atoms with E-state index in [2.05, 4.69) is 15.0 Å². The number of likely N-dealkylation sites (N-methyl/N-ethyl adjacent to an activating group) is 1. The molecule has 3 aromatic rings. The SMILES string of the molecule is Cc1c(C(=O)OCC(C)C)sc2nc(Cl)nc(N(C)CCc3ccncc3)c12. The van der Waals surface area contributed by atoms with Gasteiger partial charge in [0.2, 0.25) is 5.28 Å². The van der Waals surface area contributed by atoms with Crippen LogP contribution in [0.5, 0.6) is 0 Å². The number of anilines is 1. The smallest absolute Gasteiger partial charge is 0.348 e. The van der Waals surface area contributed by atoms with Crippen molar-refractivity contribution >= 4 is 44.9 Å². The highest BCUT2D eigenvalue weighted by molar-refractivity contribution is 7.20. The van der Waals surface area contributed by atoms with Gasteiger partial charge < -0.3 is 9.64 Å². The number of thiophene rings is 1. The van der Waals surface area contributed by atoms with Gasteiger partial charge >= 0.3 is 5.97 Å². The van der Waals surface area contributed by atoms with Crippen molar-refractivity contribution in [1.82, 2.24) is 15.0 Å². The molecule has 0 atom stereocenters. The van der Waals surface area contributed by atoms with Crippen molar-refractivity contribution < 1.29 is 9.53 Å². The number of ether oxygens (including phenoxy) is 1. The van der Waals surface area contributed by atoms with Crippen LogP contribution >= 0.6 is 22.9 Å². The minimum atomic E-state index is -0.323. The van der Waals surface area contributed by atoms with Crippen molar-refractivity contribution in [2.45, 2.75) is 27.2 Å². The first-order valence-electron chi connectivity index (χ1n) is 9.10. The lowest BCUT2D eigenvalue weighted by molar-refractivity contribution is 0.0464. The second-order valence-corrected chi connectivity index (χ2v) is 8.41. The number of aromatic nitrogens is 3. The maximum atomic E-state index is 12.5. The lowest BCUT2D eigenvalue weighted by atomic mass is 10.1. The first-order chi connectivity index (χ1) is 13.4. The molecule has 0 unspecified atom stereocenters. The quantitative estimate of drug-likeness (QED) is 0.414. The monoisotopic (exact) mass is 418 g/mol. The molecule has 0 N–H and O–H groups in total. The molecule has 0 amide bonds. The maximum absolute atomic E-state index is 12.5. The molecule has 3 rings (SSSR count). The maximum Gasteiger partial charge on any atom is 0.348 e. The van der Waals surface area contributed by atoms with Crippen LogP contribution in [-0.2, 0) is 11.2 Å². The van der Waals surface area contributed by atoms with Gasteiger partial charge in [0.05, 0.1) is 12.0 Å². The molecule has 148 valence electrons. The molecule has 3 aromatic heterocycles. The van der Waals surface area contributed by atoms with Crippen molar-refractivity contribution in [3.63, 3.8) is 0 Å². The van der Waals surface area contributed by atoms with E-state index in [1.807, 2.05) is 44.9 Å². The molecule has 0 aliphatic carbocycles. The second-order valence-electron chi connectivity index (χ2n) is 7.07. The normalized spacial score (nSPS) is 11.2. The molecule has 0 spiro atoms. The first-order valence-corrected chi connectivity index (χ1v) is 10.3. The number of rotatable bonds is 7. The Bertz CT molecular complexity index is 975. The van der Waals surface area contributed by atoms with Gasteiger partial charge in [0.15, 0.2) is 0 Å². The topological polar surface area (TPSA) is 68.2 Å². The molecule has 0 aromatic carbocycles. The number of halogens is 1. The highest BCUT2D eigenvalue weighted by atomic mass is 35.5. The van der Waals surface area contributed by atoms with Gasteiger partial charge in [-0.05, 0) is 54.1 Å². The number of esters is 1. The van der Waals surface area contributed by atoms with E-state index in [0.717, 1.165) is 29.7 Å². The third kappa shape index (κ3) is 4.59. The molecule has 0 aliphatic heterocycles. The molecular formula is C20H23ClN4O2S. The number of hydrogen-bond acceptors (Lipinski definition) is 7. The highest BCUT2D eigenvalue weighted by Crippen LogP contribution is 2.36. The van der Waals surface area contributed by atoms with E-state index in [4.69, 9.17) is 16.3 Å². The molecule has 0 saturated heterocycles. The summed E-state index contributed by atoms with van der Waals surface area (Å²) >= 11 is 7.46. The van der Waals surface area contributed by atoms with E-state index in [9.17, 15) is 4.79 Å². The zero-order chi connectivity index (χ0) is 20.3. The highest BCUT2D eigenvalue weighted by Gasteiger charge is 2.23. The molecule has 0 bridgehead atoms. The summed E-state index contributed by atoms with van der Waals surface area (Å²) in [5.74, 6) is 0.680. The molecule has 8 heteroatoms. The van der Waals surface area contributed by atoms with Crippen LogP contribution < -0.4 is 4.90 Å². The van der Waals surface area contributed by atoms with Crippen LogP contribution in [0.4, 0.5) is 5.82 Å². The first kappa shape index (κ1) is 20.5. The van der Waals surface area contributed by atoms with Gasteiger partial charge in [-0.2, -0.15) is 4.98 Å². The minimum absolute atomic E-state index is 0.168. The van der Waals surface area contributed by atoms with E-state index in [-0.39, 0.29) is 17.2 Å². The van der Waals surface area contributed by atoms with E-state index in [1.54, 1.807) is 12.4 Å². The Morgan fingerprint density at radius 1 is 1.29 bits per heavy atom. The lowest BCUT2D eigenvalue weighted by Crippen LogP contribution is -2.22. The van der Waals surface area contributed by atoms with Crippen LogP contribution in [-0.4, -0.2) is 41.1 Å². The fraction of sp³-hybridized carbons (Fsp3) is 0.400. The zero-order valence-corrected chi connectivity index (χ0v) is 18.0. The van der Waals surface area contributed by atoms with Gasteiger partial charge in [-0.25, -0.2) is 9.78 Å².